The average Bonchev–Trinajstić information content (AvgIpc) is 3.30. The summed E-state index contributed by atoms with van der Waals surface area (Å²) in [6, 6.07) is 0. The molecule has 0 aromatic heterocycles. The van der Waals surface area contributed by atoms with Crippen molar-refractivity contribution in [2.75, 3.05) is 5.88 Å². The fourth-order valence-corrected chi connectivity index (χ4v) is 9.51. The van der Waals surface area contributed by atoms with Gasteiger partial charge in [0.25, 0.3) is 0 Å². The second-order valence-corrected chi connectivity index (χ2v) is 11.5. The predicted molar refractivity (Wildman–Crippen MR) is 107 cm³/mol. The molecule has 6 rings (SSSR count). The standard InChI is InChI=1S/C24H31ClO3/c1-22-6-3-15(26)10-14(22)9-13(12-25)20-17(22)4-7-23(2)21(20)16-11-18(16)24(23)8-5-19(27)28-24/h10,13,16-18,20-21H,3-9,11-12H2,1-2H3/t13-,16-,17+,18+,20-,21+,22+,23+,24+/m1/s1. The number of fused-ring (bicyclic) bond motifs is 9. The minimum Gasteiger partial charge on any atom is -0.458 e. The van der Waals surface area contributed by atoms with Crippen LogP contribution in [0.5, 0.6) is 0 Å². The number of allylic oxidation sites excluding steroid dienone is 1. The highest BCUT2D eigenvalue weighted by molar-refractivity contribution is 6.18. The second kappa shape index (κ2) is 5.45. The summed E-state index contributed by atoms with van der Waals surface area (Å²) >= 11 is 6.59. The number of alkyl halides is 1. The van der Waals surface area contributed by atoms with Crippen LogP contribution in [0.3, 0.4) is 0 Å². The molecule has 0 N–H and O–H groups in total. The van der Waals surface area contributed by atoms with Gasteiger partial charge in [0.1, 0.15) is 5.60 Å². The van der Waals surface area contributed by atoms with Crippen molar-refractivity contribution in [3.8, 4) is 0 Å². The maximum absolute atomic E-state index is 12.2. The Morgan fingerprint density at radius 1 is 1.14 bits per heavy atom. The average molecular weight is 403 g/mol. The summed E-state index contributed by atoms with van der Waals surface area (Å²) in [6.45, 7) is 4.88. The van der Waals surface area contributed by atoms with Crippen molar-refractivity contribution in [1.29, 1.82) is 0 Å². The van der Waals surface area contributed by atoms with Crippen LogP contribution >= 0.6 is 11.6 Å². The van der Waals surface area contributed by atoms with Crippen molar-refractivity contribution >= 4 is 23.4 Å². The Balaban J connectivity index is 1.44. The van der Waals surface area contributed by atoms with Crippen LogP contribution in [0.4, 0.5) is 0 Å². The van der Waals surface area contributed by atoms with Gasteiger partial charge in [-0.15, -0.1) is 11.6 Å². The molecule has 0 bridgehead atoms. The Kier molecular flexibility index (Phi) is 3.50. The third-order valence-electron chi connectivity index (χ3n) is 10.5. The van der Waals surface area contributed by atoms with Gasteiger partial charge >= 0.3 is 5.97 Å². The molecule has 3 nitrogen and oxygen atoms in total. The monoisotopic (exact) mass is 402 g/mol. The van der Waals surface area contributed by atoms with E-state index in [1.54, 1.807) is 0 Å². The number of ketones is 1. The highest BCUT2D eigenvalue weighted by atomic mass is 35.5. The highest BCUT2D eigenvalue weighted by Crippen LogP contribution is 2.79. The predicted octanol–water partition coefficient (Wildman–Crippen LogP) is 4.91. The molecule has 0 aromatic rings. The van der Waals surface area contributed by atoms with E-state index in [2.05, 4.69) is 13.8 Å². The lowest BCUT2D eigenvalue weighted by molar-refractivity contribution is -0.179. The maximum atomic E-state index is 12.2. The number of halogens is 1. The van der Waals surface area contributed by atoms with E-state index >= 15 is 0 Å². The third-order valence-corrected chi connectivity index (χ3v) is 10.9. The molecule has 152 valence electrons. The third kappa shape index (κ3) is 1.94. The molecule has 4 heteroatoms. The van der Waals surface area contributed by atoms with Crippen LogP contribution in [0.2, 0.25) is 0 Å². The van der Waals surface area contributed by atoms with Crippen LogP contribution < -0.4 is 0 Å². The van der Waals surface area contributed by atoms with E-state index in [0.717, 1.165) is 25.7 Å². The quantitative estimate of drug-likeness (QED) is 0.462. The van der Waals surface area contributed by atoms with Crippen molar-refractivity contribution in [2.24, 2.45) is 46.3 Å². The van der Waals surface area contributed by atoms with Crippen LogP contribution in [0.25, 0.3) is 0 Å². The molecule has 4 saturated carbocycles. The van der Waals surface area contributed by atoms with Crippen molar-refractivity contribution < 1.29 is 14.3 Å². The number of carbonyl (C=O) groups excluding carboxylic acids is 2. The van der Waals surface area contributed by atoms with Gasteiger partial charge in [0.05, 0.1) is 0 Å². The molecule has 1 spiro atoms. The highest BCUT2D eigenvalue weighted by Gasteiger charge is 2.79. The molecule has 5 aliphatic carbocycles. The molecule has 5 fully saturated rings. The van der Waals surface area contributed by atoms with E-state index in [-0.39, 0.29) is 22.4 Å². The molecule has 1 saturated heterocycles. The lowest BCUT2D eigenvalue weighted by atomic mass is 9.43. The molecule has 9 atom stereocenters. The van der Waals surface area contributed by atoms with Gasteiger partial charge in [0.2, 0.25) is 0 Å². The van der Waals surface area contributed by atoms with Gasteiger partial charge in [-0.3, -0.25) is 9.59 Å². The van der Waals surface area contributed by atoms with Crippen LogP contribution in [0, 0.1) is 46.3 Å². The van der Waals surface area contributed by atoms with Gasteiger partial charge in [-0.2, -0.15) is 0 Å². The zero-order valence-electron chi connectivity index (χ0n) is 17.0. The summed E-state index contributed by atoms with van der Waals surface area (Å²) < 4.78 is 6.20. The lowest BCUT2D eigenvalue weighted by Gasteiger charge is -2.62. The summed E-state index contributed by atoms with van der Waals surface area (Å²) in [5.74, 6) is 4.62. The van der Waals surface area contributed by atoms with E-state index in [4.69, 9.17) is 16.3 Å². The van der Waals surface area contributed by atoms with E-state index in [0.29, 0.717) is 60.0 Å². The maximum Gasteiger partial charge on any atom is 0.306 e. The van der Waals surface area contributed by atoms with Crippen LogP contribution in [0.15, 0.2) is 11.6 Å². The van der Waals surface area contributed by atoms with E-state index < -0.39 is 0 Å². The molecule has 6 aliphatic rings. The number of rotatable bonds is 1. The zero-order chi connectivity index (χ0) is 19.5. The summed E-state index contributed by atoms with van der Waals surface area (Å²) in [5, 5.41) is 0. The molecule has 1 aliphatic heterocycles. The first-order valence-electron chi connectivity index (χ1n) is 11.4. The molecule has 0 amide bonds. The Morgan fingerprint density at radius 2 is 1.96 bits per heavy atom. The normalized spacial score (nSPS) is 56.5. The van der Waals surface area contributed by atoms with Crippen LogP contribution in [-0.2, 0) is 14.3 Å². The van der Waals surface area contributed by atoms with Gasteiger partial charge in [-0.05, 0) is 79.6 Å². The molecule has 0 radical (unpaired) electrons. The summed E-state index contributed by atoms with van der Waals surface area (Å²) in [5.41, 5.74) is 1.46. The lowest BCUT2D eigenvalue weighted by Crippen LogP contribution is -2.59. The van der Waals surface area contributed by atoms with Gasteiger partial charge in [0.15, 0.2) is 5.78 Å². The van der Waals surface area contributed by atoms with E-state index in [1.165, 1.54) is 18.4 Å². The molecule has 0 aromatic carbocycles. The number of ether oxygens (including phenoxy) is 1. The fraction of sp³-hybridized carbons (Fsp3) is 0.833. The van der Waals surface area contributed by atoms with Crippen molar-refractivity contribution in [1.82, 2.24) is 0 Å². The minimum absolute atomic E-state index is 0.0233. The van der Waals surface area contributed by atoms with Gasteiger partial charge in [-0.25, -0.2) is 0 Å². The summed E-state index contributed by atoms with van der Waals surface area (Å²) in [7, 11) is 0. The molecular weight excluding hydrogens is 372 g/mol. The van der Waals surface area contributed by atoms with Gasteiger partial charge in [0, 0.05) is 30.1 Å². The first kappa shape index (κ1) is 18.0. The first-order valence-corrected chi connectivity index (χ1v) is 11.9. The molecular formula is C24H31ClO3. The largest absolute Gasteiger partial charge is 0.458 e. The Morgan fingerprint density at radius 3 is 2.68 bits per heavy atom. The van der Waals surface area contributed by atoms with Crippen LogP contribution in [0.1, 0.15) is 65.2 Å². The molecule has 0 unspecified atom stereocenters. The summed E-state index contributed by atoms with van der Waals surface area (Å²) in [4.78, 5) is 24.3. The van der Waals surface area contributed by atoms with Crippen molar-refractivity contribution in [3.63, 3.8) is 0 Å². The zero-order valence-corrected chi connectivity index (χ0v) is 17.8. The molecule has 1 heterocycles. The number of hydrogen-bond donors (Lipinski definition) is 0. The number of hydrogen-bond acceptors (Lipinski definition) is 3. The Hall–Kier alpha value is -0.830. The summed E-state index contributed by atoms with van der Waals surface area (Å²) in [6.07, 6.45) is 9.78. The second-order valence-electron chi connectivity index (χ2n) is 11.2. The fourth-order valence-electron chi connectivity index (χ4n) is 9.20. The van der Waals surface area contributed by atoms with E-state index in [9.17, 15) is 9.59 Å². The minimum atomic E-state index is -0.194. The van der Waals surface area contributed by atoms with E-state index in [1.807, 2.05) is 6.08 Å². The number of carbonyl (C=O) groups is 2. The first-order chi connectivity index (χ1) is 13.3. The topological polar surface area (TPSA) is 43.4 Å². The smallest absolute Gasteiger partial charge is 0.306 e. The van der Waals surface area contributed by atoms with Gasteiger partial charge < -0.3 is 4.74 Å². The molecule has 28 heavy (non-hydrogen) atoms. The Bertz CT molecular complexity index is 804. The Labute approximate surface area is 172 Å². The van der Waals surface area contributed by atoms with Crippen molar-refractivity contribution in [3.05, 3.63) is 11.6 Å². The van der Waals surface area contributed by atoms with Crippen molar-refractivity contribution in [2.45, 2.75) is 70.8 Å². The SMILES string of the molecule is C[C@]12CCC(=O)C=C1C[C@H](CCl)[C@H]1[C@@H]3[C@@H]4C[C@@H]4[C@@]4(CCC(=O)O4)[C@@]3(C)CC[C@@H]12. The van der Waals surface area contributed by atoms with Gasteiger partial charge in [-0.1, -0.05) is 19.4 Å². The van der Waals surface area contributed by atoms with Crippen LogP contribution in [-0.4, -0.2) is 23.2 Å². The number of esters is 1.